The smallest absolute Gasteiger partial charge is 0.224 e. The van der Waals surface area contributed by atoms with Crippen LogP contribution in [0.4, 0.5) is 0 Å². The molecule has 1 aromatic heterocycles. The van der Waals surface area contributed by atoms with Gasteiger partial charge in [0.25, 0.3) is 0 Å². The molecule has 1 aliphatic rings. The first-order valence-electron chi connectivity index (χ1n) is 6.42. The number of halogens is 1. The fraction of sp³-hybridized carbons (Fsp3) is 0.538. The third kappa shape index (κ3) is 4.45. The Morgan fingerprint density at radius 1 is 1.47 bits per heavy atom. The molecule has 0 aliphatic carbocycles. The lowest BCUT2D eigenvalue weighted by atomic mass is 10.2. The zero-order chi connectivity index (χ0) is 13.5. The van der Waals surface area contributed by atoms with Gasteiger partial charge in [0.1, 0.15) is 0 Å². The van der Waals surface area contributed by atoms with E-state index in [0.717, 1.165) is 5.56 Å². The number of pyridine rings is 1. The molecule has 0 saturated carbocycles. The van der Waals surface area contributed by atoms with E-state index in [4.69, 9.17) is 16.3 Å². The quantitative estimate of drug-likeness (QED) is 0.822. The van der Waals surface area contributed by atoms with Crippen LogP contribution in [0.25, 0.3) is 0 Å². The van der Waals surface area contributed by atoms with Crippen LogP contribution >= 0.6 is 11.6 Å². The van der Waals surface area contributed by atoms with E-state index in [1.165, 1.54) is 0 Å². The van der Waals surface area contributed by atoms with E-state index in [0.29, 0.717) is 50.8 Å². The third-order valence-corrected chi connectivity index (χ3v) is 3.39. The molecule has 1 N–H and O–H groups in total. The van der Waals surface area contributed by atoms with E-state index in [9.17, 15) is 4.79 Å². The van der Waals surface area contributed by atoms with Crippen LogP contribution in [0.2, 0.25) is 5.02 Å². The Labute approximate surface area is 117 Å². The Morgan fingerprint density at radius 2 is 2.26 bits per heavy atom. The average molecular weight is 284 g/mol. The molecule has 1 saturated heterocycles. The van der Waals surface area contributed by atoms with Gasteiger partial charge >= 0.3 is 0 Å². The van der Waals surface area contributed by atoms with Crippen LogP contribution in [0, 0.1) is 0 Å². The van der Waals surface area contributed by atoms with E-state index in [1.807, 2.05) is 11.0 Å². The Kier molecular flexibility index (Phi) is 5.57. The van der Waals surface area contributed by atoms with Crippen molar-refractivity contribution in [3.63, 3.8) is 0 Å². The molecule has 2 rings (SSSR count). The molecule has 0 unspecified atom stereocenters. The maximum absolute atomic E-state index is 11.9. The molecule has 5 nitrogen and oxygen atoms in total. The molecular weight excluding hydrogens is 266 g/mol. The number of hydrogen-bond donors (Lipinski definition) is 1. The number of amides is 1. The molecule has 19 heavy (non-hydrogen) atoms. The molecule has 1 amide bonds. The predicted octanol–water partition coefficient (Wildman–Crippen LogP) is 1.07. The topological polar surface area (TPSA) is 54.5 Å². The van der Waals surface area contributed by atoms with Gasteiger partial charge in [-0.2, -0.15) is 0 Å². The molecule has 1 fully saturated rings. The fourth-order valence-electron chi connectivity index (χ4n) is 1.94. The molecule has 0 spiro atoms. The molecular formula is C13H18ClN3O2. The van der Waals surface area contributed by atoms with Crippen LogP contribution in [0.5, 0.6) is 0 Å². The summed E-state index contributed by atoms with van der Waals surface area (Å²) in [4.78, 5) is 17.7. The summed E-state index contributed by atoms with van der Waals surface area (Å²) in [6.45, 7) is 3.99. The zero-order valence-corrected chi connectivity index (χ0v) is 11.5. The largest absolute Gasteiger partial charge is 0.378 e. The number of carbonyl (C=O) groups is 1. The lowest BCUT2D eigenvalue weighted by Gasteiger charge is -2.26. The summed E-state index contributed by atoms with van der Waals surface area (Å²) in [6, 6.07) is 1.87. The molecule has 0 bridgehead atoms. The van der Waals surface area contributed by atoms with Crippen LogP contribution in [-0.4, -0.2) is 48.6 Å². The molecule has 6 heteroatoms. The molecule has 104 valence electrons. The van der Waals surface area contributed by atoms with E-state index in [1.54, 1.807) is 12.4 Å². The summed E-state index contributed by atoms with van der Waals surface area (Å²) in [7, 11) is 0. The lowest BCUT2D eigenvalue weighted by molar-refractivity contribution is -0.135. The SMILES string of the molecule is O=C(CCNCc1ccncc1Cl)N1CCOCC1. The second-order valence-electron chi connectivity index (χ2n) is 4.39. The molecule has 0 radical (unpaired) electrons. The molecule has 0 atom stereocenters. The van der Waals surface area contributed by atoms with E-state index >= 15 is 0 Å². The highest BCUT2D eigenvalue weighted by Gasteiger charge is 2.15. The van der Waals surface area contributed by atoms with Crippen LogP contribution in [0.3, 0.4) is 0 Å². The number of aromatic nitrogens is 1. The molecule has 1 aromatic rings. The van der Waals surface area contributed by atoms with Gasteiger partial charge in [-0.05, 0) is 11.6 Å². The first-order chi connectivity index (χ1) is 9.27. The van der Waals surface area contributed by atoms with E-state index in [-0.39, 0.29) is 5.91 Å². The van der Waals surface area contributed by atoms with Gasteiger partial charge in [0.2, 0.25) is 5.91 Å². The van der Waals surface area contributed by atoms with Crippen molar-refractivity contribution in [2.24, 2.45) is 0 Å². The summed E-state index contributed by atoms with van der Waals surface area (Å²) in [6.07, 6.45) is 3.84. The van der Waals surface area contributed by atoms with Crippen molar-refractivity contribution in [3.8, 4) is 0 Å². The normalized spacial score (nSPS) is 15.5. The highest BCUT2D eigenvalue weighted by Crippen LogP contribution is 2.12. The summed E-state index contributed by atoms with van der Waals surface area (Å²) in [5.41, 5.74) is 0.996. The van der Waals surface area contributed by atoms with Crippen LogP contribution < -0.4 is 5.32 Å². The minimum Gasteiger partial charge on any atom is -0.378 e. The highest BCUT2D eigenvalue weighted by atomic mass is 35.5. The predicted molar refractivity (Wildman–Crippen MR) is 73.0 cm³/mol. The lowest BCUT2D eigenvalue weighted by Crippen LogP contribution is -2.41. The number of rotatable bonds is 5. The summed E-state index contributed by atoms with van der Waals surface area (Å²) >= 11 is 6.00. The number of nitrogens with zero attached hydrogens (tertiary/aromatic N) is 2. The highest BCUT2D eigenvalue weighted by molar-refractivity contribution is 6.31. The van der Waals surface area contributed by atoms with Crippen molar-refractivity contribution in [2.75, 3.05) is 32.8 Å². The number of ether oxygens (including phenoxy) is 1. The average Bonchev–Trinajstić information content (AvgIpc) is 2.46. The van der Waals surface area contributed by atoms with Gasteiger partial charge < -0.3 is 15.0 Å². The van der Waals surface area contributed by atoms with Gasteiger partial charge in [0, 0.05) is 45.0 Å². The Bertz CT molecular complexity index is 422. The minimum absolute atomic E-state index is 0.177. The number of morpholine rings is 1. The minimum atomic E-state index is 0.177. The Balaban J connectivity index is 1.66. The van der Waals surface area contributed by atoms with Crippen molar-refractivity contribution in [1.82, 2.24) is 15.2 Å². The van der Waals surface area contributed by atoms with Crippen LogP contribution in [-0.2, 0) is 16.1 Å². The maximum atomic E-state index is 11.9. The van der Waals surface area contributed by atoms with Gasteiger partial charge in [-0.1, -0.05) is 11.6 Å². The Morgan fingerprint density at radius 3 is 3.00 bits per heavy atom. The van der Waals surface area contributed by atoms with Gasteiger partial charge in [0.15, 0.2) is 0 Å². The molecule has 0 aromatic carbocycles. The van der Waals surface area contributed by atoms with Gasteiger partial charge in [-0.15, -0.1) is 0 Å². The summed E-state index contributed by atoms with van der Waals surface area (Å²) in [5, 5.41) is 3.87. The second kappa shape index (κ2) is 7.43. The number of carbonyl (C=O) groups excluding carboxylic acids is 1. The first kappa shape index (κ1) is 14.2. The van der Waals surface area contributed by atoms with Crippen molar-refractivity contribution in [1.29, 1.82) is 0 Å². The van der Waals surface area contributed by atoms with E-state index in [2.05, 4.69) is 10.3 Å². The molecule has 1 aliphatic heterocycles. The zero-order valence-electron chi connectivity index (χ0n) is 10.8. The van der Waals surface area contributed by atoms with Crippen molar-refractivity contribution in [3.05, 3.63) is 29.0 Å². The van der Waals surface area contributed by atoms with Gasteiger partial charge in [0.05, 0.1) is 18.2 Å². The molecule has 2 heterocycles. The number of nitrogens with one attached hydrogen (secondary N) is 1. The fourth-order valence-corrected chi connectivity index (χ4v) is 2.12. The standard InChI is InChI=1S/C13H18ClN3O2/c14-12-10-16-3-1-11(12)9-15-4-2-13(18)17-5-7-19-8-6-17/h1,3,10,15H,2,4-9H2. The Hall–Kier alpha value is -1.17. The summed E-state index contributed by atoms with van der Waals surface area (Å²) < 4.78 is 5.22. The van der Waals surface area contributed by atoms with Crippen LogP contribution in [0.15, 0.2) is 18.5 Å². The van der Waals surface area contributed by atoms with Crippen LogP contribution in [0.1, 0.15) is 12.0 Å². The maximum Gasteiger partial charge on any atom is 0.224 e. The van der Waals surface area contributed by atoms with E-state index < -0.39 is 0 Å². The van der Waals surface area contributed by atoms with Crippen molar-refractivity contribution >= 4 is 17.5 Å². The van der Waals surface area contributed by atoms with Gasteiger partial charge in [-0.3, -0.25) is 9.78 Å². The summed E-state index contributed by atoms with van der Waals surface area (Å²) in [5.74, 6) is 0.177. The van der Waals surface area contributed by atoms with Gasteiger partial charge in [-0.25, -0.2) is 0 Å². The monoisotopic (exact) mass is 283 g/mol. The second-order valence-corrected chi connectivity index (χ2v) is 4.79. The first-order valence-corrected chi connectivity index (χ1v) is 6.80. The number of hydrogen-bond acceptors (Lipinski definition) is 4. The third-order valence-electron chi connectivity index (χ3n) is 3.05. The van der Waals surface area contributed by atoms with Crippen molar-refractivity contribution < 1.29 is 9.53 Å². The van der Waals surface area contributed by atoms with Crippen molar-refractivity contribution in [2.45, 2.75) is 13.0 Å².